The van der Waals surface area contributed by atoms with Gasteiger partial charge < -0.3 is 9.47 Å². The van der Waals surface area contributed by atoms with E-state index in [9.17, 15) is 13.6 Å². The topological polar surface area (TPSA) is 66.7 Å². The van der Waals surface area contributed by atoms with Crippen molar-refractivity contribution >= 4 is 17.5 Å². The summed E-state index contributed by atoms with van der Waals surface area (Å²) < 4.78 is 38.2. The molecule has 2 aliphatic rings. The maximum Gasteiger partial charge on any atom is 0.362 e. The fourth-order valence-electron chi connectivity index (χ4n) is 5.28. The van der Waals surface area contributed by atoms with Crippen molar-refractivity contribution in [1.29, 1.82) is 0 Å². The number of rotatable bonds is 6. The maximum absolute atomic E-state index is 14.4. The van der Waals surface area contributed by atoms with Gasteiger partial charge in [-0.05, 0) is 95.1 Å². The highest BCUT2D eigenvalue weighted by molar-refractivity contribution is 6.05. The van der Waals surface area contributed by atoms with Crippen molar-refractivity contribution in [1.82, 2.24) is 10.0 Å². The zero-order valence-corrected chi connectivity index (χ0v) is 23.1. The molecule has 4 aromatic carbocycles. The van der Waals surface area contributed by atoms with E-state index >= 15 is 0 Å². The van der Waals surface area contributed by atoms with Crippen LogP contribution in [0, 0.1) is 11.6 Å². The molecule has 0 bridgehead atoms. The van der Waals surface area contributed by atoms with E-state index < -0.39 is 18.1 Å². The normalized spacial score (nSPS) is 18.1. The number of hydrogen-bond donors (Lipinski definition) is 0. The van der Waals surface area contributed by atoms with Gasteiger partial charge in [-0.2, -0.15) is 10.2 Å². The predicted octanol–water partition coefficient (Wildman–Crippen LogP) is 7.10. The van der Waals surface area contributed by atoms with Gasteiger partial charge in [-0.3, -0.25) is 0 Å². The molecule has 0 N–H and O–H groups in total. The Labute approximate surface area is 242 Å². The number of ether oxygens (including phenoxy) is 2. The molecule has 7 nitrogen and oxygen atoms in total. The Morgan fingerprint density at radius 3 is 1.31 bits per heavy atom. The number of hydrogen-bond acceptors (Lipinski definition) is 5. The molecule has 6 rings (SSSR count). The van der Waals surface area contributed by atoms with Crippen LogP contribution in [0.4, 0.5) is 13.6 Å². The minimum atomic E-state index is -0.482. The Hall–Kier alpha value is -5.05. The summed E-state index contributed by atoms with van der Waals surface area (Å²) in [5, 5.41) is 12.4. The first-order chi connectivity index (χ1) is 20.4. The zero-order valence-electron chi connectivity index (χ0n) is 23.1. The summed E-state index contributed by atoms with van der Waals surface area (Å²) in [6.07, 6.45) is 0.849. The first-order valence-corrected chi connectivity index (χ1v) is 13.5. The van der Waals surface area contributed by atoms with Crippen LogP contribution in [0.15, 0.2) is 107 Å². The SMILES string of the molecule is COc1ccc(C2=NN(C(=O)N3N=C(c4ccc(OC)cc4)CC3c3ccc(F)cc3)C(c3ccc(F)cc3)C2)cc1. The van der Waals surface area contributed by atoms with Crippen molar-refractivity contribution in [2.24, 2.45) is 10.2 Å². The molecule has 2 heterocycles. The second-order valence-corrected chi connectivity index (χ2v) is 10.1. The third kappa shape index (κ3) is 5.33. The van der Waals surface area contributed by atoms with Gasteiger partial charge in [-0.1, -0.05) is 24.3 Å². The number of carbonyl (C=O) groups excluding carboxylic acids is 1. The lowest BCUT2D eigenvalue weighted by Gasteiger charge is -2.29. The summed E-state index contributed by atoms with van der Waals surface area (Å²) in [7, 11) is 3.20. The molecule has 0 fully saturated rings. The monoisotopic (exact) mass is 566 g/mol. The molecule has 4 aromatic rings. The molecule has 212 valence electrons. The highest BCUT2D eigenvalue weighted by atomic mass is 19.1. The quantitative estimate of drug-likeness (QED) is 0.250. The van der Waals surface area contributed by atoms with Gasteiger partial charge in [0.2, 0.25) is 0 Å². The summed E-state index contributed by atoms with van der Waals surface area (Å²) in [6, 6.07) is 25.7. The van der Waals surface area contributed by atoms with Gasteiger partial charge in [-0.25, -0.2) is 23.6 Å². The number of halogens is 2. The summed E-state index contributed by atoms with van der Waals surface area (Å²) >= 11 is 0. The maximum atomic E-state index is 14.4. The Bertz CT molecular complexity index is 1510. The number of benzene rings is 4. The Morgan fingerprint density at radius 1 is 0.619 bits per heavy atom. The lowest BCUT2D eigenvalue weighted by atomic mass is 9.98. The molecule has 2 aliphatic heterocycles. The molecule has 0 saturated heterocycles. The Balaban J connectivity index is 1.39. The van der Waals surface area contributed by atoms with Crippen LogP contribution in [0.2, 0.25) is 0 Å². The van der Waals surface area contributed by atoms with Gasteiger partial charge in [0.05, 0.1) is 37.7 Å². The molecule has 9 heteroatoms. The number of urea groups is 1. The van der Waals surface area contributed by atoms with Crippen LogP contribution in [0.1, 0.15) is 47.2 Å². The summed E-state index contributed by atoms with van der Waals surface area (Å²) in [5.74, 6) is 0.686. The van der Waals surface area contributed by atoms with Gasteiger partial charge in [0.15, 0.2) is 0 Å². The van der Waals surface area contributed by atoms with E-state index in [0.717, 1.165) is 22.3 Å². The Morgan fingerprint density at radius 2 is 0.976 bits per heavy atom. The van der Waals surface area contributed by atoms with Gasteiger partial charge in [-0.15, -0.1) is 0 Å². The highest BCUT2D eigenvalue weighted by Gasteiger charge is 2.41. The van der Waals surface area contributed by atoms with E-state index in [-0.39, 0.29) is 11.6 Å². The number of methoxy groups -OCH3 is 2. The van der Waals surface area contributed by atoms with Gasteiger partial charge >= 0.3 is 6.03 Å². The number of amides is 2. The van der Waals surface area contributed by atoms with Crippen molar-refractivity contribution in [2.75, 3.05) is 14.2 Å². The van der Waals surface area contributed by atoms with Gasteiger partial charge in [0.25, 0.3) is 0 Å². The van der Waals surface area contributed by atoms with Crippen molar-refractivity contribution < 1.29 is 23.0 Å². The van der Waals surface area contributed by atoms with Gasteiger partial charge in [0, 0.05) is 12.8 Å². The fourth-order valence-corrected chi connectivity index (χ4v) is 5.28. The van der Waals surface area contributed by atoms with E-state index in [1.165, 1.54) is 34.3 Å². The highest BCUT2D eigenvalue weighted by Crippen LogP contribution is 2.39. The average molecular weight is 567 g/mol. The fraction of sp³-hybridized carbons (Fsp3) is 0.182. The van der Waals surface area contributed by atoms with E-state index in [1.807, 2.05) is 48.5 Å². The average Bonchev–Trinajstić information content (AvgIpc) is 3.68. The van der Waals surface area contributed by atoms with Crippen LogP contribution in [0.3, 0.4) is 0 Å². The van der Waals surface area contributed by atoms with E-state index in [2.05, 4.69) is 0 Å². The van der Waals surface area contributed by atoms with Crippen molar-refractivity contribution in [2.45, 2.75) is 24.9 Å². The van der Waals surface area contributed by atoms with Crippen LogP contribution in [0.5, 0.6) is 11.5 Å². The van der Waals surface area contributed by atoms with Crippen LogP contribution >= 0.6 is 0 Å². The molecular weight excluding hydrogens is 538 g/mol. The predicted molar refractivity (Wildman–Crippen MR) is 156 cm³/mol. The van der Waals surface area contributed by atoms with Crippen LogP contribution in [-0.2, 0) is 0 Å². The third-order valence-electron chi connectivity index (χ3n) is 7.57. The second-order valence-electron chi connectivity index (χ2n) is 10.1. The minimum absolute atomic E-state index is 0.365. The third-order valence-corrected chi connectivity index (χ3v) is 7.57. The minimum Gasteiger partial charge on any atom is -0.497 e. The first-order valence-electron chi connectivity index (χ1n) is 13.5. The van der Waals surface area contributed by atoms with E-state index in [4.69, 9.17) is 19.7 Å². The van der Waals surface area contributed by atoms with E-state index in [0.29, 0.717) is 35.8 Å². The molecule has 0 radical (unpaired) electrons. The lowest BCUT2D eigenvalue weighted by molar-refractivity contribution is 0.132. The molecule has 0 spiro atoms. The number of hydrazone groups is 2. The standard InChI is InChI=1S/C33H28F2N4O3/c1-41-27-15-7-21(8-16-27)29-19-31(23-3-11-25(34)12-4-23)38(36-29)33(40)39-32(24-5-13-26(35)14-6-24)20-30(37-39)22-9-17-28(42-2)18-10-22/h3-18,31-32H,19-20H2,1-2H3. The Kier molecular flexibility index (Phi) is 7.39. The van der Waals surface area contributed by atoms with Crippen molar-refractivity contribution in [3.8, 4) is 11.5 Å². The van der Waals surface area contributed by atoms with Crippen LogP contribution < -0.4 is 9.47 Å². The molecule has 2 amide bonds. The molecule has 0 aromatic heterocycles. The first kappa shape index (κ1) is 27.1. The van der Waals surface area contributed by atoms with Gasteiger partial charge in [0.1, 0.15) is 23.1 Å². The summed E-state index contributed by atoms with van der Waals surface area (Å²) in [4.78, 5) is 14.4. The number of carbonyl (C=O) groups is 1. The second kappa shape index (κ2) is 11.4. The smallest absolute Gasteiger partial charge is 0.362 e. The van der Waals surface area contributed by atoms with Crippen molar-refractivity contribution in [3.05, 3.63) is 131 Å². The molecule has 0 aliphatic carbocycles. The van der Waals surface area contributed by atoms with Crippen LogP contribution in [0.25, 0.3) is 0 Å². The molecule has 42 heavy (non-hydrogen) atoms. The number of nitrogens with zero attached hydrogens (tertiary/aromatic N) is 4. The summed E-state index contributed by atoms with van der Waals surface area (Å²) in [5.41, 5.74) is 4.59. The molecule has 2 unspecified atom stereocenters. The molecule has 0 saturated carbocycles. The zero-order chi connectivity index (χ0) is 29.2. The largest absolute Gasteiger partial charge is 0.497 e. The molecular formula is C33H28F2N4O3. The molecule has 2 atom stereocenters. The van der Waals surface area contributed by atoms with E-state index in [1.54, 1.807) is 38.5 Å². The lowest BCUT2D eigenvalue weighted by Crippen LogP contribution is -2.38. The van der Waals surface area contributed by atoms with Crippen LogP contribution in [-0.4, -0.2) is 41.7 Å². The van der Waals surface area contributed by atoms with Crippen molar-refractivity contribution in [3.63, 3.8) is 0 Å². The summed E-state index contributed by atoms with van der Waals surface area (Å²) in [6.45, 7) is 0.